The van der Waals surface area contributed by atoms with E-state index in [0.29, 0.717) is 27.6 Å². The number of thiazole rings is 1. The summed E-state index contributed by atoms with van der Waals surface area (Å²) in [5, 5.41) is 21.3. The fraction of sp³-hybridized carbons (Fsp3) is 0.217. The Kier molecular flexibility index (Phi) is 6.46. The zero-order valence-corrected chi connectivity index (χ0v) is 20.9. The molecular formula is C23H18ClN5O4S2. The van der Waals surface area contributed by atoms with Gasteiger partial charge in [-0.05, 0) is 62.5 Å². The molecule has 0 unspecified atom stereocenters. The highest BCUT2D eigenvalue weighted by molar-refractivity contribution is 7.81. The van der Waals surface area contributed by atoms with Crippen molar-refractivity contribution in [3.05, 3.63) is 47.0 Å². The number of nitrogens with zero attached hydrogens (tertiary/aromatic N) is 4. The summed E-state index contributed by atoms with van der Waals surface area (Å²) in [5.41, 5.74) is 0.961. The number of nitrogens with one attached hydrogen (secondary N) is 1. The molecule has 2 N–H and O–H groups in total. The van der Waals surface area contributed by atoms with Crippen LogP contribution < -0.4 is 15.1 Å². The molecule has 0 saturated carbocycles. The van der Waals surface area contributed by atoms with E-state index in [4.69, 9.17) is 34.2 Å². The molecule has 4 rings (SSSR count). The third-order valence-corrected chi connectivity index (χ3v) is 7.07. The van der Waals surface area contributed by atoms with Crippen molar-refractivity contribution in [2.75, 3.05) is 15.1 Å². The number of nitriles is 1. The van der Waals surface area contributed by atoms with Crippen LogP contribution in [0, 0.1) is 11.3 Å². The molecule has 0 spiro atoms. The van der Waals surface area contributed by atoms with Gasteiger partial charge in [-0.2, -0.15) is 5.26 Å². The number of thiocarbonyl (C=S) groups is 1. The molecule has 1 aliphatic rings. The van der Waals surface area contributed by atoms with Gasteiger partial charge in [0.1, 0.15) is 11.6 Å². The molecule has 1 saturated heterocycles. The van der Waals surface area contributed by atoms with E-state index < -0.39 is 17.4 Å². The normalized spacial score (nSPS) is 14.9. The molecule has 0 atom stereocenters. The number of carboxylic acids is 1. The number of carboxylic acid groups (broad SMARTS) is 1. The summed E-state index contributed by atoms with van der Waals surface area (Å²) in [6.07, 6.45) is -0.415. The highest BCUT2D eigenvalue weighted by atomic mass is 35.5. The lowest BCUT2D eigenvalue weighted by Crippen LogP contribution is -2.44. The van der Waals surface area contributed by atoms with E-state index in [1.165, 1.54) is 28.4 Å². The summed E-state index contributed by atoms with van der Waals surface area (Å²) in [6.45, 7) is 3.51. The van der Waals surface area contributed by atoms with Crippen molar-refractivity contribution in [2.45, 2.75) is 32.2 Å². The second-order valence-corrected chi connectivity index (χ2v) is 10.0. The van der Waals surface area contributed by atoms with Gasteiger partial charge in [-0.25, -0.2) is 4.98 Å². The van der Waals surface area contributed by atoms with Gasteiger partial charge in [0, 0.05) is 12.1 Å². The van der Waals surface area contributed by atoms with E-state index in [-0.39, 0.29) is 28.9 Å². The molecule has 0 bridgehead atoms. The van der Waals surface area contributed by atoms with Crippen molar-refractivity contribution in [3.8, 4) is 6.07 Å². The van der Waals surface area contributed by atoms with Crippen LogP contribution in [0.1, 0.15) is 32.3 Å². The second-order valence-electron chi connectivity index (χ2n) is 8.21. The number of aromatic nitrogens is 1. The minimum atomic E-state index is -1.05. The van der Waals surface area contributed by atoms with Crippen molar-refractivity contribution in [2.24, 2.45) is 0 Å². The van der Waals surface area contributed by atoms with E-state index in [1.807, 2.05) is 18.2 Å². The number of carbonyl (C=O) groups excluding carboxylic acids is 2. The smallest absolute Gasteiger partial charge is 0.303 e. The van der Waals surface area contributed by atoms with Crippen LogP contribution in [0.15, 0.2) is 36.4 Å². The summed E-state index contributed by atoms with van der Waals surface area (Å²) >= 11 is 13.1. The number of rotatable bonds is 6. The predicted molar refractivity (Wildman–Crippen MR) is 138 cm³/mol. The second kappa shape index (κ2) is 9.22. The lowest BCUT2D eigenvalue weighted by atomic mass is 10.0. The largest absolute Gasteiger partial charge is 0.481 e. The highest BCUT2D eigenvalue weighted by Gasteiger charge is 2.50. The molecule has 3 aromatic rings. The Hall–Kier alpha value is -3.59. The Balaban J connectivity index is 1.64. The third-order valence-electron chi connectivity index (χ3n) is 5.44. The number of carbonyl (C=O) groups is 3. The first-order valence-corrected chi connectivity index (χ1v) is 11.9. The van der Waals surface area contributed by atoms with Gasteiger partial charge in [0.2, 0.25) is 5.91 Å². The Morgan fingerprint density at radius 1 is 1.23 bits per heavy atom. The van der Waals surface area contributed by atoms with Gasteiger partial charge in [-0.3, -0.25) is 19.3 Å². The van der Waals surface area contributed by atoms with E-state index in [9.17, 15) is 14.4 Å². The summed E-state index contributed by atoms with van der Waals surface area (Å²) in [6, 6.07) is 12.1. The topological polar surface area (TPSA) is 127 Å². The lowest BCUT2D eigenvalue weighted by Gasteiger charge is -2.29. The Morgan fingerprint density at radius 3 is 2.60 bits per heavy atom. The van der Waals surface area contributed by atoms with Crippen LogP contribution in [0.3, 0.4) is 0 Å². The van der Waals surface area contributed by atoms with Crippen LogP contribution in [0.25, 0.3) is 10.2 Å². The zero-order chi connectivity index (χ0) is 25.5. The number of hydrogen-bond acceptors (Lipinski definition) is 7. The van der Waals surface area contributed by atoms with Gasteiger partial charge in [-0.15, -0.1) is 0 Å². The molecular weight excluding hydrogens is 510 g/mol. The molecule has 12 heteroatoms. The van der Waals surface area contributed by atoms with Gasteiger partial charge < -0.3 is 15.3 Å². The van der Waals surface area contributed by atoms with Gasteiger partial charge in [0.15, 0.2) is 10.2 Å². The van der Waals surface area contributed by atoms with Crippen LogP contribution in [-0.4, -0.2) is 38.5 Å². The number of fused-ring (bicyclic) bond motifs is 1. The van der Waals surface area contributed by atoms with Crippen molar-refractivity contribution in [3.63, 3.8) is 0 Å². The minimum Gasteiger partial charge on any atom is -0.481 e. The molecule has 35 heavy (non-hydrogen) atoms. The average molecular weight is 528 g/mol. The summed E-state index contributed by atoms with van der Waals surface area (Å²) in [4.78, 5) is 43.6. The zero-order valence-electron chi connectivity index (χ0n) is 18.5. The monoisotopic (exact) mass is 527 g/mol. The first kappa shape index (κ1) is 24.5. The highest BCUT2D eigenvalue weighted by Crippen LogP contribution is 2.39. The third kappa shape index (κ3) is 4.55. The van der Waals surface area contributed by atoms with Crippen LogP contribution in [0.5, 0.6) is 0 Å². The van der Waals surface area contributed by atoms with Gasteiger partial charge in [0.05, 0.1) is 32.9 Å². The number of anilines is 3. The minimum absolute atomic E-state index is 0.149. The fourth-order valence-electron chi connectivity index (χ4n) is 3.70. The predicted octanol–water partition coefficient (Wildman–Crippen LogP) is 4.54. The fourth-order valence-corrected chi connectivity index (χ4v) is 5.30. The SMILES string of the molecule is CC1(C)C(=O)N(c2ccc(C#N)c(Cl)c2)C(=S)N1c1ccc2sc(NC(=O)CCC(=O)O)nc2c1. The number of aliphatic carboxylic acids is 1. The average Bonchev–Trinajstić information content (AvgIpc) is 3.26. The van der Waals surface area contributed by atoms with Gasteiger partial charge >= 0.3 is 5.97 Å². The molecule has 1 aromatic heterocycles. The summed E-state index contributed by atoms with van der Waals surface area (Å²) < 4.78 is 0.798. The maximum Gasteiger partial charge on any atom is 0.303 e. The Morgan fingerprint density at radius 2 is 1.94 bits per heavy atom. The Bertz CT molecular complexity index is 1450. The van der Waals surface area contributed by atoms with Crippen LogP contribution in [0.2, 0.25) is 5.02 Å². The first-order valence-electron chi connectivity index (χ1n) is 10.3. The van der Waals surface area contributed by atoms with Gasteiger partial charge in [0.25, 0.3) is 5.91 Å². The molecule has 2 amide bonds. The number of benzene rings is 2. The van der Waals surface area contributed by atoms with Crippen LogP contribution in [0.4, 0.5) is 16.5 Å². The molecule has 0 radical (unpaired) electrons. The van der Waals surface area contributed by atoms with Crippen molar-refractivity contribution in [1.29, 1.82) is 5.26 Å². The molecule has 9 nitrogen and oxygen atoms in total. The van der Waals surface area contributed by atoms with Crippen molar-refractivity contribution < 1.29 is 19.5 Å². The Labute approximate surface area is 214 Å². The number of halogens is 1. The maximum absolute atomic E-state index is 13.4. The quantitative estimate of drug-likeness (QED) is 0.447. The molecule has 178 valence electrons. The molecule has 2 aromatic carbocycles. The van der Waals surface area contributed by atoms with Crippen LogP contribution >= 0.6 is 35.2 Å². The van der Waals surface area contributed by atoms with Crippen LogP contribution in [-0.2, 0) is 14.4 Å². The number of amides is 2. The molecule has 1 aliphatic heterocycles. The molecule has 0 aliphatic carbocycles. The summed E-state index contributed by atoms with van der Waals surface area (Å²) in [5.74, 6) is -1.74. The molecule has 1 fully saturated rings. The number of hydrogen-bond donors (Lipinski definition) is 2. The van der Waals surface area contributed by atoms with E-state index in [0.717, 1.165) is 4.70 Å². The standard InChI is InChI=1S/C23H18ClN5O4S2/c1-23(2)20(33)28(13-4-3-12(11-25)15(24)9-13)22(34)29(23)14-5-6-17-16(10-14)26-21(35-17)27-18(30)7-8-19(31)32/h3-6,9-10H,7-8H2,1-2H3,(H,31,32)(H,26,27,30). The molecule has 2 heterocycles. The van der Waals surface area contributed by atoms with Crippen molar-refractivity contribution >= 4 is 84.8 Å². The first-order chi connectivity index (χ1) is 16.5. The summed E-state index contributed by atoms with van der Waals surface area (Å²) in [7, 11) is 0. The lowest BCUT2D eigenvalue weighted by molar-refractivity contribution is -0.138. The van der Waals surface area contributed by atoms with Crippen molar-refractivity contribution in [1.82, 2.24) is 4.98 Å². The van der Waals surface area contributed by atoms with E-state index in [1.54, 1.807) is 30.9 Å². The van der Waals surface area contributed by atoms with Gasteiger partial charge in [-0.1, -0.05) is 22.9 Å². The van der Waals surface area contributed by atoms with E-state index in [2.05, 4.69) is 10.3 Å². The maximum atomic E-state index is 13.4. The van der Waals surface area contributed by atoms with E-state index >= 15 is 0 Å².